The molecular formula is C13H17NO4. The largest absolute Gasteiger partial charge is 0.480 e. The third-order valence-corrected chi connectivity index (χ3v) is 3.35. The van der Waals surface area contributed by atoms with Crippen molar-refractivity contribution in [1.29, 1.82) is 0 Å². The molecule has 0 spiro atoms. The van der Waals surface area contributed by atoms with Crippen LogP contribution in [-0.4, -0.2) is 49.1 Å². The second kappa shape index (κ2) is 5.06. The smallest absolute Gasteiger partial charge is 0.325 e. The molecule has 0 aliphatic carbocycles. The van der Waals surface area contributed by atoms with Crippen LogP contribution >= 0.6 is 0 Å². The van der Waals surface area contributed by atoms with Gasteiger partial charge in [0.25, 0.3) is 0 Å². The molecule has 1 heterocycles. The van der Waals surface area contributed by atoms with Gasteiger partial charge in [-0.25, -0.2) is 0 Å². The maximum atomic E-state index is 11.4. The first-order valence-corrected chi connectivity index (χ1v) is 5.74. The van der Waals surface area contributed by atoms with Gasteiger partial charge in [-0.2, -0.15) is 0 Å². The van der Waals surface area contributed by atoms with E-state index in [9.17, 15) is 9.90 Å². The van der Waals surface area contributed by atoms with Crippen molar-refractivity contribution in [2.45, 2.75) is 11.8 Å². The number of carboxylic acid groups (broad SMARTS) is 1. The Morgan fingerprint density at radius 3 is 2.28 bits per heavy atom. The number of carbonyl (C=O) groups is 1. The number of hydrogen-bond donors (Lipinski definition) is 1. The first kappa shape index (κ1) is 13.0. The van der Waals surface area contributed by atoms with Gasteiger partial charge in [0.2, 0.25) is 0 Å². The Morgan fingerprint density at radius 2 is 1.83 bits per heavy atom. The van der Waals surface area contributed by atoms with E-state index in [0.29, 0.717) is 13.1 Å². The molecule has 0 saturated carbocycles. The molecule has 0 radical (unpaired) electrons. The number of rotatable bonds is 5. The van der Waals surface area contributed by atoms with Crippen molar-refractivity contribution in [3.63, 3.8) is 0 Å². The topological polar surface area (TPSA) is 59.0 Å². The summed E-state index contributed by atoms with van der Waals surface area (Å²) in [7, 11) is 3.14. The lowest BCUT2D eigenvalue weighted by atomic mass is 9.98. The van der Waals surface area contributed by atoms with Gasteiger partial charge in [0.05, 0.1) is 13.1 Å². The van der Waals surface area contributed by atoms with Crippen molar-refractivity contribution < 1.29 is 19.4 Å². The Bertz CT molecular complexity index is 408. The van der Waals surface area contributed by atoms with Crippen LogP contribution in [0.4, 0.5) is 0 Å². The highest BCUT2D eigenvalue weighted by Crippen LogP contribution is 2.33. The Morgan fingerprint density at radius 1 is 1.28 bits per heavy atom. The molecule has 0 amide bonds. The van der Waals surface area contributed by atoms with Crippen molar-refractivity contribution in [2.75, 3.05) is 27.3 Å². The number of methoxy groups -OCH3 is 2. The summed E-state index contributed by atoms with van der Waals surface area (Å²) in [5, 5.41) is 9.35. The van der Waals surface area contributed by atoms with Gasteiger partial charge in [-0.1, -0.05) is 30.3 Å². The number of hydrogen-bond acceptors (Lipinski definition) is 4. The molecule has 1 aromatic carbocycles. The third-order valence-electron chi connectivity index (χ3n) is 3.35. The predicted octanol–water partition coefficient (Wildman–Crippen LogP) is 1.12. The van der Waals surface area contributed by atoms with E-state index in [0.717, 1.165) is 5.56 Å². The molecule has 5 heteroatoms. The number of ether oxygens (including phenoxy) is 2. The summed E-state index contributed by atoms with van der Waals surface area (Å²) in [6, 6.07) is 8.53. The van der Waals surface area contributed by atoms with Gasteiger partial charge in [-0.15, -0.1) is 0 Å². The lowest BCUT2D eigenvalue weighted by Crippen LogP contribution is -2.65. The average molecular weight is 251 g/mol. The summed E-state index contributed by atoms with van der Waals surface area (Å²) in [6.07, 6.45) is 0. The highest BCUT2D eigenvalue weighted by atomic mass is 16.7. The third kappa shape index (κ3) is 2.25. The van der Waals surface area contributed by atoms with Crippen molar-refractivity contribution in [1.82, 2.24) is 4.90 Å². The molecule has 18 heavy (non-hydrogen) atoms. The molecule has 1 fully saturated rings. The zero-order chi connectivity index (χ0) is 13.2. The normalized spacial score (nSPS) is 20.1. The summed E-state index contributed by atoms with van der Waals surface area (Å²) in [6.45, 7) is 0.901. The number of aliphatic carboxylic acids is 1. The van der Waals surface area contributed by atoms with Crippen LogP contribution in [0, 0.1) is 0 Å². The predicted molar refractivity (Wildman–Crippen MR) is 65.1 cm³/mol. The highest BCUT2D eigenvalue weighted by Gasteiger charge is 2.48. The zero-order valence-electron chi connectivity index (χ0n) is 10.5. The van der Waals surface area contributed by atoms with Crippen LogP contribution in [0.15, 0.2) is 30.3 Å². The van der Waals surface area contributed by atoms with E-state index < -0.39 is 17.8 Å². The van der Waals surface area contributed by atoms with Crippen LogP contribution in [0.3, 0.4) is 0 Å². The molecule has 1 N–H and O–H groups in total. The Kier molecular flexibility index (Phi) is 3.65. The first-order valence-electron chi connectivity index (χ1n) is 5.74. The van der Waals surface area contributed by atoms with Crippen LogP contribution in [0.5, 0.6) is 0 Å². The van der Waals surface area contributed by atoms with E-state index in [1.165, 1.54) is 0 Å². The molecule has 1 aliphatic heterocycles. The molecule has 0 bridgehead atoms. The van der Waals surface area contributed by atoms with Crippen LogP contribution < -0.4 is 0 Å². The SMILES string of the molecule is COC1(OC)CN(C(C(=O)O)c2ccccc2)C1. The Hall–Kier alpha value is -1.43. The lowest BCUT2D eigenvalue weighted by Gasteiger charge is -2.49. The average Bonchev–Trinajstić information content (AvgIpc) is 2.34. The van der Waals surface area contributed by atoms with Gasteiger partial charge >= 0.3 is 5.97 Å². The van der Waals surface area contributed by atoms with Crippen molar-refractivity contribution in [3.8, 4) is 0 Å². The van der Waals surface area contributed by atoms with Gasteiger partial charge < -0.3 is 14.6 Å². The van der Waals surface area contributed by atoms with E-state index in [2.05, 4.69) is 0 Å². The van der Waals surface area contributed by atoms with E-state index in [-0.39, 0.29) is 0 Å². The molecule has 1 atom stereocenters. The number of benzene rings is 1. The summed E-state index contributed by atoms with van der Waals surface area (Å²) < 4.78 is 10.5. The molecule has 98 valence electrons. The molecule has 2 rings (SSSR count). The second-order valence-corrected chi connectivity index (χ2v) is 4.38. The minimum atomic E-state index is -0.859. The molecule has 1 unspecified atom stereocenters. The van der Waals surface area contributed by atoms with E-state index in [1.54, 1.807) is 14.2 Å². The molecule has 1 saturated heterocycles. The van der Waals surface area contributed by atoms with Gasteiger partial charge in [0, 0.05) is 14.2 Å². The fraction of sp³-hybridized carbons (Fsp3) is 0.462. The van der Waals surface area contributed by atoms with Gasteiger partial charge in [0.1, 0.15) is 6.04 Å². The Balaban J connectivity index is 2.13. The molecule has 0 aromatic heterocycles. The number of nitrogens with zero attached hydrogens (tertiary/aromatic N) is 1. The van der Waals surface area contributed by atoms with Gasteiger partial charge in [-0.3, -0.25) is 9.69 Å². The fourth-order valence-corrected chi connectivity index (χ4v) is 2.24. The monoisotopic (exact) mass is 251 g/mol. The maximum Gasteiger partial charge on any atom is 0.325 e. The molecular weight excluding hydrogens is 234 g/mol. The summed E-state index contributed by atoms with van der Waals surface area (Å²) in [5.74, 6) is -1.52. The Labute approximate surface area is 106 Å². The van der Waals surface area contributed by atoms with E-state index in [1.807, 2.05) is 35.2 Å². The number of carboxylic acids is 1. The minimum Gasteiger partial charge on any atom is -0.480 e. The lowest BCUT2D eigenvalue weighted by molar-refractivity contribution is -0.282. The van der Waals surface area contributed by atoms with E-state index >= 15 is 0 Å². The first-order chi connectivity index (χ1) is 8.62. The van der Waals surface area contributed by atoms with Gasteiger partial charge in [-0.05, 0) is 5.56 Å². The molecule has 5 nitrogen and oxygen atoms in total. The van der Waals surface area contributed by atoms with Crippen LogP contribution in [0.25, 0.3) is 0 Å². The maximum absolute atomic E-state index is 11.4. The minimum absolute atomic E-state index is 0.450. The standard InChI is InChI=1S/C13H17NO4/c1-17-13(18-2)8-14(9-13)11(12(15)16)10-6-4-3-5-7-10/h3-7,11H,8-9H2,1-2H3,(H,15,16). The zero-order valence-corrected chi connectivity index (χ0v) is 10.5. The van der Waals surface area contributed by atoms with Crippen LogP contribution in [0.2, 0.25) is 0 Å². The molecule has 1 aliphatic rings. The van der Waals surface area contributed by atoms with Crippen molar-refractivity contribution in [2.24, 2.45) is 0 Å². The summed E-state index contributed by atoms with van der Waals surface area (Å²) in [4.78, 5) is 13.2. The van der Waals surface area contributed by atoms with Crippen molar-refractivity contribution >= 4 is 5.97 Å². The summed E-state index contributed by atoms with van der Waals surface area (Å²) in [5.41, 5.74) is 0.769. The number of likely N-dealkylation sites (tertiary alicyclic amines) is 1. The highest BCUT2D eigenvalue weighted by molar-refractivity contribution is 5.75. The molecule has 1 aromatic rings. The quantitative estimate of drug-likeness (QED) is 0.795. The van der Waals surface area contributed by atoms with Crippen LogP contribution in [-0.2, 0) is 14.3 Å². The second-order valence-electron chi connectivity index (χ2n) is 4.38. The van der Waals surface area contributed by atoms with E-state index in [4.69, 9.17) is 9.47 Å². The van der Waals surface area contributed by atoms with Gasteiger partial charge in [0.15, 0.2) is 5.79 Å². The fourth-order valence-electron chi connectivity index (χ4n) is 2.24. The van der Waals surface area contributed by atoms with Crippen LogP contribution in [0.1, 0.15) is 11.6 Å². The van der Waals surface area contributed by atoms with Crippen molar-refractivity contribution in [3.05, 3.63) is 35.9 Å². The summed E-state index contributed by atoms with van der Waals surface area (Å²) >= 11 is 0.